The number of aliphatic hydroxyl groups excluding tert-OH is 1. The van der Waals surface area contributed by atoms with Gasteiger partial charge in [-0.2, -0.15) is 0 Å². The highest BCUT2D eigenvalue weighted by atomic mass is 16.3. The molecule has 3 N–H and O–H groups in total. The average molecular weight is 276 g/mol. The highest BCUT2D eigenvalue weighted by molar-refractivity contribution is 5.15. The van der Waals surface area contributed by atoms with Crippen LogP contribution in [0.5, 0.6) is 0 Å². The Morgan fingerprint density at radius 2 is 1.90 bits per heavy atom. The molecule has 1 heterocycles. The maximum atomic E-state index is 9.56. The molecule has 0 radical (unpaired) electrons. The van der Waals surface area contributed by atoms with Gasteiger partial charge >= 0.3 is 0 Å². The monoisotopic (exact) mass is 276 g/mol. The van der Waals surface area contributed by atoms with E-state index in [9.17, 15) is 5.11 Å². The quantitative estimate of drug-likeness (QED) is 0.836. The number of nitrogens with zero attached hydrogens (tertiary/aromatic N) is 1. The number of benzene rings is 1. The summed E-state index contributed by atoms with van der Waals surface area (Å²) in [6.07, 6.45) is 4.52. The predicted molar refractivity (Wildman–Crippen MR) is 83.6 cm³/mol. The fraction of sp³-hybridized carbons (Fsp3) is 0.647. The Bertz CT molecular complexity index is 374. The second kappa shape index (κ2) is 7.77. The standard InChI is InChI=1S/C17H28N2O/c1-2-16(18)17(13-20)19-10-8-15(9-11-19)12-14-6-4-3-5-7-14/h3-7,15-17,20H,2,8-13,18H2,1H3. The SMILES string of the molecule is CCC(N)C(CO)N1CCC(Cc2ccccc2)CC1. The lowest BCUT2D eigenvalue weighted by Crippen LogP contribution is -2.52. The molecule has 0 aliphatic carbocycles. The van der Waals surface area contributed by atoms with Crippen LogP contribution >= 0.6 is 0 Å². The van der Waals surface area contributed by atoms with Gasteiger partial charge in [-0.3, -0.25) is 4.90 Å². The zero-order valence-corrected chi connectivity index (χ0v) is 12.5. The molecule has 20 heavy (non-hydrogen) atoms. The molecule has 2 atom stereocenters. The van der Waals surface area contributed by atoms with Crippen LogP contribution in [0.15, 0.2) is 30.3 Å². The Hall–Kier alpha value is -0.900. The van der Waals surface area contributed by atoms with Crippen molar-refractivity contribution in [2.75, 3.05) is 19.7 Å². The third kappa shape index (κ3) is 4.05. The van der Waals surface area contributed by atoms with Crippen LogP contribution in [0.25, 0.3) is 0 Å². The van der Waals surface area contributed by atoms with E-state index >= 15 is 0 Å². The number of piperidine rings is 1. The first-order valence-corrected chi connectivity index (χ1v) is 7.89. The van der Waals surface area contributed by atoms with E-state index in [1.165, 1.54) is 24.8 Å². The summed E-state index contributed by atoms with van der Waals surface area (Å²) >= 11 is 0. The lowest BCUT2D eigenvalue weighted by molar-refractivity contribution is 0.0707. The summed E-state index contributed by atoms with van der Waals surface area (Å²) in [6, 6.07) is 11.0. The molecular formula is C17H28N2O. The second-order valence-corrected chi connectivity index (χ2v) is 5.99. The molecule has 112 valence electrons. The molecule has 3 heteroatoms. The molecular weight excluding hydrogens is 248 g/mol. The van der Waals surface area contributed by atoms with Gasteiger partial charge < -0.3 is 10.8 Å². The zero-order valence-electron chi connectivity index (χ0n) is 12.5. The van der Waals surface area contributed by atoms with Gasteiger partial charge in [-0.15, -0.1) is 0 Å². The summed E-state index contributed by atoms with van der Waals surface area (Å²) in [4.78, 5) is 2.38. The molecule has 0 spiro atoms. The van der Waals surface area contributed by atoms with Crippen LogP contribution < -0.4 is 5.73 Å². The van der Waals surface area contributed by atoms with Crippen LogP contribution in [0.1, 0.15) is 31.7 Å². The maximum Gasteiger partial charge on any atom is 0.0601 e. The van der Waals surface area contributed by atoms with Crippen LogP contribution in [0.4, 0.5) is 0 Å². The van der Waals surface area contributed by atoms with Crippen molar-refractivity contribution in [2.24, 2.45) is 11.7 Å². The van der Waals surface area contributed by atoms with Gasteiger partial charge in [0, 0.05) is 12.1 Å². The van der Waals surface area contributed by atoms with Crippen molar-refractivity contribution in [2.45, 2.75) is 44.7 Å². The van der Waals surface area contributed by atoms with Gasteiger partial charge in [-0.25, -0.2) is 0 Å². The molecule has 1 aromatic rings. The summed E-state index contributed by atoms with van der Waals surface area (Å²) in [5.74, 6) is 0.769. The molecule has 0 amide bonds. The van der Waals surface area contributed by atoms with Gasteiger partial charge in [0.05, 0.1) is 6.61 Å². The summed E-state index contributed by atoms with van der Waals surface area (Å²) in [5, 5.41) is 9.56. The van der Waals surface area contributed by atoms with Crippen molar-refractivity contribution in [3.05, 3.63) is 35.9 Å². The summed E-state index contributed by atoms with van der Waals surface area (Å²) in [7, 11) is 0. The maximum absolute atomic E-state index is 9.56. The molecule has 0 bridgehead atoms. The van der Waals surface area contributed by atoms with E-state index in [0.29, 0.717) is 0 Å². The molecule has 1 aliphatic heterocycles. The lowest BCUT2D eigenvalue weighted by atomic mass is 9.89. The van der Waals surface area contributed by atoms with Gasteiger partial charge in [0.1, 0.15) is 0 Å². The summed E-state index contributed by atoms with van der Waals surface area (Å²) in [5.41, 5.74) is 7.55. The van der Waals surface area contributed by atoms with E-state index in [1.54, 1.807) is 0 Å². The van der Waals surface area contributed by atoms with Gasteiger partial charge in [0.15, 0.2) is 0 Å². The number of likely N-dealkylation sites (tertiary alicyclic amines) is 1. The molecule has 0 aromatic heterocycles. The smallest absolute Gasteiger partial charge is 0.0601 e. The first-order chi connectivity index (χ1) is 9.74. The highest BCUT2D eigenvalue weighted by Gasteiger charge is 2.27. The van der Waals surface area contributed by atoms with Crippen LogP contribution in [-0.2, 0) is 6.42 Å². The van der Waals surface area contributed by atoms with Gasteiger partial charge in [-0.1, -0.05) is 37.3 Å². The first-order valence-electron chi connectivity index (χ1n) is 7.89. The van der Waals surface area contributed by atoms with E-state index < -0.39 is 0 Å². The first kappa shape index (κ1) is 15.5. The van der Waals surface area contributed by atoms with Crippen molar-refractivity contribution < 1.29 is 5.11 Å². The van der Waals surface area contributed by atoms with E-state index in [2.05, 4.69) is 42.2 Å². The molecule has 3 nitrogen and oxygen atoms in total. The Kier molecular flexibility index (Phi) is 6.02. The van der Waals surface area contributed by atoms with Crippen molar-refractivity contribution >= 4 is 0 Å². The zero-order chi connectivity index (χ0) is 14.4. The topological polar surface area (TPSA) is 49.5 Å². The summed E-state index contributed by atoms with van der Waals surface area (Å²) in [6.45, 7) is 4.40. The number of aliphatic hydroxyl groups is 1. The predicted octanol–water partition coefficient (Wildman–Crippen LogP) is 2.04. The minimum Gasteiger partial charge on any atom is -0.395 e. The Balaban J connectivity index is 1.83. The normalized spacial score (nSPS) is 20.8. The highest BCUT2D eigenvalue weighted by Crippen LogP contribution is 2.23. The summed E-state index contributed by atoms with van der Waals surface area (Å²) < 4.78 is 0. The Morgan fingerprint density at radius 3 is 2.45 bits per heavy atom. The molecule has 1 aliphatic rings. The van der Waals surface area contributed by atoms with E-state index in [-0.39, 0.29) is 18.7 Å². The van der Waals surface area contributed by atoms with Crippen LogP contribution in [0, 0.1) is 5.92 Å². The molecule has 1 aromatic carbocycles. The molecule has 1 saturated heterocycles. The minimum absolute atomic E-state index is 0.0886. The molecule has 2 rings (SSSR count). The molecule has 1 fully saturated rings. The van der Waals surface area contributed by atoms with Crippen molar-refractivity contribution in [1.29, 1.82) is 0 Å². The third-order valence-electron chi connectivity index (χ3n) is 4.64. The fourth-order valence-corrected chi connectivity index (χ4v) is 3.23. The van der Waals surface area contributed by atoms with Crippen LogP contribution in [-0.4, -0.2) is 41.8 Å². The number of hydrogen-bond donors (Lipinski definition) is 2. The Labute approximate surface area is 122 Å². The van der Waals surface area contributed by atoms with Gasteiger partial charge in [-0.05, 0) is 50.3 Å². The molecule has 0 saturated carbocycles. The number of nitrogens with two attached hydrogens (primary N) is 1. The second-order valence-electron chi connectivity index (χ2n) is 5.99. The van der Waals surface area contributed by atoms with Crippen molar-refractivity contribution in [3.63, 3.8) is 0 Å². The van der Waals surface area contributed by atoms with E-state index in [0.717, 1.165) is 25.4 Å². The fourth-order valence-electron chi connectivity index (χ4n) is 3.23. The third-order valence-corrected chi connectivity index (χ3v) is 4.64. The average Bonchev–Trinajstić information content (AvgIpc) is 2.50. The van der Waals surface area contributed by atoms with E-state index in [4.69, 9.17) is 5.73 Å². The van der Waals surface area contributed by atoms with E-state index in [1.807, 2.05) is 0 Å². The van der Waals surface area contributed by atoms with Crippen LogP contribution in [0.3, 0.4) is 0 Å². The lowest BCUT2D eigenvalue weighted by Gasteiger charge is -2.39. The minimum atomic E-state index is 0.0886. The molecule has 2 unspecified atom stereocenters. The van der Waals surface area contributed by atoms with Crippen molar-refractivity contribution in [3.8, 4) is 0 Å². The number of hydrogen-bond acceptors (Lipinski definition) is 3. The largest absolute Gasteiger partial charge is 0.395 e. The number of rotatable bonds is 6. The van der Waals surface area contributed by atoms with Gasteiger partial charge in [0.25, 0.3) is 0 Å². The Morgan fingerprint density at radius 1 is 1.25 bits per heavy atom. The van der Waals surface area contributed by atoms with Crippen LogP contribution in [0.2, 0.25) is 0 Å². The van der Waals surface area contributed by atoms with Gasteiger partial charge in [0.2, 0.25) is 0 Å². The van der Waals surface area contributed by atoms with Crippen molar-refractivity contribution in [1.82, 2.24) is 4.90 Å².